The molecule has 0 radical (unpaired) electrons. The largest absolute Gasteiger partial charge is 0.436 e. The first-order chi connectivity index (χ1) is 26.7. The van der Waals surface area contributed by atoms with Gasteiger partial charge in [-0.25, -0.2) is 4.98 Å². The lowest BCUT2D eigenvalue weighted by Gasteiger charge is -2.26. The van der Waals surface area contributed by atoms with Gasteiger partial charge in [-0.2, -0.15) is 0 Å². The van der Waals surface area contributed by atoms with Gasteiger partial charge in [-0.3, -0.25) is 0 Å². The van der Waals surface area contributed by atoms with Crippen LogP contribution in [0.3, 0.4) is 0 Å². The predicted molar refractivity (Wildman–Crippen MR) is 225 cm³/mol. The molecule has 3 nitrogen and oxygen atoms in total. The zero-order valence-electron chi connectivity index (χ0n) is 29.4. The van der Waals surface area contributed by atoms with Crippen LogP contribution in [0.5, 0.6) is 0 Å². The van der Waals surface area contributed by atoms with Gasteiger partial charge in [0.2, 0.25) is 5.89 Å². The fourth-order valence-corrected chi connectivity index (χ4v) is 7.55. The fourth-order valence-electron chi connectivity index (χ4n) is 7.55. The minimum Gasteiger partial charge on any atom is -0.436 e. The highest BCUT2D eigenvalue weighted by atomic mass is 16.3. The molecule has 0 aliphatic heterocycles. The van der Waals surface area contributed by atoms with Gasteiger partial charge in [-0.05, 0) is 110 Å². The van der Waals surface area contributed by atoms with Crippen LogP contribution in [-0.4, -0.2) is 4.98 Å². The summed E-state index contributed by atoms with van der Waals surface area (Å²) in [5, 5.41) is 4.58. The third kappa shape index (κ3) is 5.78. The van der Waals surface area contributed by atoms with Crippen LogP contribution >= 0.6 is 0 Å². The smallest absolute Gasteiger partial charge is 0.227 e. The summed E-state index contributed by atoms with van der Waals surface area (Å²) < 4.78 is 6.28. The fraction of sp³-hybridized carbons (Fsp3) is 0. The number of rotatable bonds is 7. The molecule has 0 unspecified atom stereocenters. The van der Waals surface area contributed by atoms with Gasteiger partial charge >= 0.3 is 0 Å². The Morgan fingerprint density at radius 1 is 0.352 bits per heavy atom. The van der Waals surface area contributed by atoms with Crippen LogP contribution in [0.15, 0.2) is 211 Å². The first-order valence-corrected chi connectivity index (χ1v) is 18.3. The Labute approximate surface area is 314 Å². The molecule has 9 aromatic carbocycles. The van der Waals surface area contributed by atoms with E-state index in [4.69, 9.17) is 9.40 Å². The van der Waals surface area contributed by atoms with Crippen molar-refractivity contribution in [3.63, 3.8) is 0 Å². The zero-order valence-corrected chi connectivity index (χ0v) is 29.4. The monoisotopic (exact) mass is 690 g/mol. The van der Waals surface area contributed by atoms with Gasteiger partial charge < -0.3 is 9.32 Å². The highest BCUT2D eigenvalue weighted by molar-refractivity contribution is 6.19. The number of benzene rings is 9. The lowest BCUT2D eigenvalue weighted by Crippen LogP contribution is -2.10. The molecule has 0 spiro atoms. The summed E-state index contributed by atoms with van der Waals surface area (Å²) in [6, 6.07) is 73.0. The number of aromatic nitrogens is 1. The van der Waals surface area contributed by atoms with Crippen LogP contribution in [0, 0.1) is 0 Å². The van der Waals surface area contributed by atoms with Gasteiger partial charge in [0.15, 0.2) is 5.58 Å². The molecule has 0 atom stereocenters. The van der Waals surface area contributed by atoms with Crippen molar-refractivity contribution < 1.29 is 4.42 Å². The third-order valence-corrected chi connectivity index (χ3v) is 10.3. The molecule has 0 fully saturated rings. The second kappa shape index (κ2) is 13.4. The SMILES string of the molecule is c1ccc(-c2ccc(N(c3ccc(-c4ccc5ccc6ccc7oc(-c8ccccc8)nc7c6c5c4)cc3)c3cccc(-c4ccccc4)c3)cc2)cc1. The van der Waals surface area contributed by atoms with E-state index in [0.717, 1.165) is 61.0 Å². The van der Waals surface area contributed by atoms with E-state index in [1.54, 1.807) is 0 Å². The van der Waals surface area contributed by atoms with Crippen molar-refractivity contribution in [1.29, 1.82) is 0 Å². The molecule has 0 aliphatic rings. The average Bonchev–Trinajstić information content (AvgIpc) is 3.70. The molecule has 10 rings (SSSR count). The molecular weight excluding hydrogens is 657 g/mol. The lowest BCUT2D eigenvalue weighted by molar-refractivity contribution is 0.620. The number of nitrogens with zero attached hydrogens (tertiary/aromatic N) is 2. The molecule has 1 heterocycles. The van der Waals surface area contributed by atoms with Crippen molar-refractivity contribution in [2.75, 3.05) is 4.90 Å². The van der Waals surface area contributed by atoms with E-state index >= 15 is 0 Å². The standard InChI is InChI=1S/C51H34N2O/c1-4-11-35(12-5-1)37-23-28-44(29-24-37)53(46-18-10-17-42(33-46)36-13-6-2-7-14-36)45-30-25-38(26-31-45)43-22-20-39-19-21-40-27-32-48-50(49(40)47(39)34-43)52-51(54-48)41-15-8-3-9-16-41/h1-34H. The van der Waals surface area contributed by atoms with Crippen molar-refractivity contribution in [3.8, 4) is 44.8 Å². The quantitative estimate of drug-likeness (QED) is 0.156. The van der Waals surface area contributed by atoms with E-state index < -0.39 is 0 Å². The van der Waals surface area contributed by atoms with Crippen molar-refractivity contribution in [3.05, 3.63) is 206 Å². The van der Waals surface area contributed by atoms with Gasteiger partial charge in [-0.15, -0.1) is 0 Å². The molecule has 54 heavy (non-hydrogen) atoms. The average molecular weight is 691 g/mol. The van der Waals surface area contributed by atoms with E-state index in [1.807, 2.05) is 36.4 Å². The van der Waals surface area contributed by atoms with Gasteiger partial charge in [0, 0.05) is 28.0 Å². The summed E-state index contributed by atoms with van der Waals surface area (Å²) in [7, 11) is 0. The number of fused-ring (bicyclic) bond motifs is 5. The predicted octanol–water partition coefficient (Wildman–Crippen LogP) is 14.3. The van der Waals surface area contributed by atoms with Crippen molar-refractivity contribution in [2.45, 2.75) is 0 Å². The van der Waals surface area contributed by atoms with Gasteiger partial charge in [0.25, 0.3) is 0 Å². The molecule has 0 saturated carbocycles. The van der Waals surface area contributed by atoms with E-state index in [1.165, 1.54) is 27.6 Å². The molecule has 0 bridgehead atoms. The molecule has 0 N–H and O–H groups in total. The molecule has 3 heteroatoms. The van der Waals surface area contributed by atoms with Crippen molar-refractivity contribution in [1.82, 2.24) is 4.98 Å². The van der Waals surface area contributed by atoms with Gasteiger partial charge in [0.1, 0.15) is 5.52 Å². The highest BCUT2D eigenvalue weighted by Crippen LogP contribution is 2.40. The Kier molecular flexibility index (Phi) is 7.81. The van der Waals surface area contributed by atoms with E-state index in [-0.39, 0.29) is 0 Å². The normalized spacial score (nSPS) is 11.3. The summed E-state index contributed by atoms with van der Waals surface area (Å²) in [5.74, 6) is 0.635. The summed E-state index contributed by atoms with van der Waals surface area (Å²) >= 11 is 0. The maximum absolute atomic E-state index is 6.28. The maximum Gasteiger partial charge on any atom is 0.227 e. The highest BCUT2D eigenvalue weighted by Gasteiger charge is 2.16. The Morgan fingerprint density at radius 3 is 1.50 bits per heavy atom. The minimum absolute atomic E-state index is 0.635. The van der Waals surface area contributed by atoms with E-state index in [0.29, 0.717) is 5.89 Å². The Hall–Kier alpha value is -7.23. The summed E-state index contributed by atoms with van der Waals surface area (Å²) in [6.07, 6.45) is 0. The summed E-state index contributed by atoms with van der Waals surface area (Å²) in [5.41, 5.74) is 13.0. The number of anilines is 3. The van der Waals surface area contributed by atoms with Crippen LogP contribution in [0.2, 0.25) is 0 Å². The number of oxazole rings is 1. The summed E-state index contributed by atoms with van der Waals surface area (Å²) in [4.78, 5) is 7.37. The van der Waals surface area contributed by atoms with Crippen LogP contribution < -0.4 is 4.90 Å². The second-order valence-corrected chi connectivity index (χ2v) is 13.6. The van der Waals surface area contributed by atoms with Crippen LogP contribution in [-0.2, 0) is 0 Å². The first-order valence-electron chi connectivity index (χ1n) is 18.3. The molecule has 0 amide bonds. The van der Waals surface area contributed by atoms with Crippen LogP contribution in [0.4, 0.5) is 17.1 Å². The second-order valence-electron chi connectivity index (χ2n) is 13.6. The molecule has 254 valence electrons. The van der Waals surface area contributed by atoms with E-state index in [9.17, 15) is 0 Å². The van der Waals surface area contributed by atoms with Crippen molar-refractivity contribution in [2.24, 2.45) is 0 Å². The van der Waals surface area contributed by atoms with Gasteiger partial charge in [-0.1, -0.05) is 146 Å². The molecule has 10 aromatic rings. The maximum atomic E-state index is 6.28. The molecule has 0 aliphatic carbocycles. The third-order valence-electron chi connectivity index (χ3n) is 10.3. The van der Waals surface area contributed by atoms with E-state index in [2.05, 4.69) is 175 Å². The van der Waals surface area contributed by atoms with Crippen LogP contribution in [0.25, 0.3) is 77.5 Å². The topological polar surface area (TPSA) is 29.3 Å². The Morgan fingerprint density at radius 2 is 0.833 bits per heavy atom. The lowest BCUT2D eigenvalue weighted by atomic mass is 9.96. The number of hydrogen-bond acceptors (Lipinski definition) is 3. The zero-order chi connectivity index (χ0) is 35.8. The minimum atomic E-state index is 0.635. The molecular formula is C51H34N2O. The molecule has 0 saturated heterocycles. The Bertz CT molecular complexity index is 2900. The van der Waals surface area contributed by atoms with Crippen LogP contribution in [0.1, 0.15) is 0 Å². The first kappa shape index (κ1) is 31.5. The Balaban J connectivity index is 1.06. The van der Waals surface area contributed by atoms with Crippen molar-refractivity contribution >= 4 is 49.7 Å². The van der Waals surface area contributed by atoms with Gasteiger partial charge in [0.05, 0.1) is 0 Å². The number of hydrogen-bond donors (Lipinski definition) is 0. The molecule has 1 aromatic heterocycles. The summed E-state index contributed by atoms with van der Waals surface area (Å²) in [6.45, 7) is 0.